The van der Waals surface area contributed by atoms with Gasteiger partial charge in [-0.2, -0.15) is 4.98 Å². The minimum Gasteiger partial charge on any atom is -0.497 e. The Morgan fingerprint density at radius 2 is 2.10 bits per heavy atom. The van der Waals surface area contributed by atoms with Crippen LogP contribution in [0.2, 0.25) is 0 Å². The number of hydrogen-bond donors (Lipinski definition) is 1. The first-order chi connectivity index (χ1) is 9.67. The summed E-state index contributed by atoms with van der Waals surface area (Å²) in [5.74, 6) is 0.766. The molecular weight excluding hydrogens is 276 g/mol. The number of rotatable bonds is 3. The van der Waals surface area contributed by atoms with Gasteiger partial charge in [-0.1, -0.05) is 0 Å². The molecule has 2 aromatic heterocycles. The molecule has 0 aliphatic carbocycles. The van der Waals surface area contributed by atoms with Crippen LogP contribution in [0.3, 0.4) is 0 Å². The number of carbonyl (C=O) groups is 1. The van der Waals surface area contributed by atoms with Gasteiger partial charge in [0.25, 0.3) is 11.9 Å². The van der Waals surface area contributed by atoms with Gasteiger partial charge in [-0.05, 0) is 31.2 Å². The van der Waals surface area contributed by atoms with Gasteiger partial charge in [0.05, 0.1) is 12.8 Å². The lowest BCUT2D eigenvalue weighted by Gasteiger charge is -2.02. The molecular formula is C13H12N4O2S. The van der Waals surface area contributed by atoms with Crippen LogP contribution in [0, 0.1) is 6.92 Å². The van der Waals surface area contributed by atoms with Crippen LogP contribution in [0.15, 0.2) is 29.6 Å². The van der Waals surface area contributed by atoms with E-state index in [0.717, 1.165) is 10.7 Å². The van der Waals surface area contributed by atoms with Gasteiger partial charge in [-0.25, -0.2) is 4.52 Å². The standard InChI is InChI=1S/C13H12N4O2S/c1-8-7-20-13-15-12(16-17(8)13)14-11(18)9-3-5-10(19-2)6-4-9/h3-7H,1-2H3,(H,14,16,18). The molecule has 2 heterocycles. The zero-order valence-corrected chi connectivity index (χ0v) is 11.8. The summed E-state index contributed by atoms with van der Waals surface area (Å²) >= 11 is 1.48. The number of fused-ring (bicyclic) bond motifs is 1. The maximum Gasteiger partial charge on any atom is 0.258 e. The monoisotopic (exact) mass is 288 g/mol. The smallest absolute Gasteiger partial charge is 0.258 e. The van der Waals surface area contributed by atoms with Crippen molar-refractivity contribution in [1.82, 2.24) is 14.6 Å². The third-order valence-electron chi connectivity index (χ3n) is 2.82. The molecule has 0 fully saturated rings. The Morgan fingerprint density at radius 3 is 2.75 bits per heavy atom. The number of carbonyl (C=O) groups excluding carboxylic acids is 1. The topological polar surface area (TPSA) is 68.5 Å². The third-order valence-corrected chi connectivity index (χ3v) is 3.76. The molecule has 20 heavy (non-hydrogen) atoms. The molecule has 6 nitrogen and oxygen atoms in total. The van der Waals surface area contributed by atoms with E-state index in [1.54, 1.807) is 35.9 Å². The van der Waals surface area contributed by atoms with Gasteiger partial charge in [-0.15, -0.1) is 16.4 Å². The molecule has 3 rings (SSSR count). The normalized spacial score (nSPS) is 10.7. The predicted octanol–water partition coefficient (Wildman–Crippen LogP) is 2.36. The van der Waals surface area contributed by atoms with Gasteiger partial charge < -0.3 is 4.74 Å². The van der Waals surface area contributed by atoms with E-state index >= 15 is 0 Å². The summed E-state index contributed by atoms with van der Waals surface area (Å²) in [5.41, 5.74) is 1.52. The Bertz CT molecular complexity index is 760. The van der Waals surface area contributed by atoms with E-state index in [0.29, 0.717) is 17.3 Å². The number of benzene rings is 1. The average Bonchev–Trinajstić information content (AvgIpc) is 3.01. The second-order valence-electron chi connectivity index (χ2n) is 4.19. The second kappa shape index (κ2) is 4.93. The van der Waals surface area contributed by atoms with Gasteiger partial charge >= 0.3 is 0 Å². The number of thiazole rings is 1. The van der Waals surface area contributed by atoms with Gasteiger partial charge in [0.2, 0.25) is 4.96 Å². The number of ether oxygens (including phenoxy) is 1. The fourth-order valence-electron chi connectivity index (χ4n) is 1.76. The van der Waals surface area contributed by atoms with Gasteiger partial charge in [0.1, 0.15) is 5.75 Å². The van der Waals surface area contributed by atoms with Gasteiger partial charge in [0.15, 0.2) is 0 Å². The quantitative estimate of drug-likeness (QED) is 0.803. The van der Waals surface area contributed by atoms with Crippen molar-refractivity contribution in [1.29, 1.82) is 0 Å². The maximum absolute atomic E-state index is 12.1. The molecule has 0 saturated heterocycles. The molecule has 0 aliphatic heterocycles. The average molecular weight is 288 g/mol. The number of nitrogens with zero attached hydrogens (tertiary/aromatic N) is 3. The molecule has 0 bridgehead atoms. The Balaban J connectivity index is 1.80. The number of nitrogens with one attached hydrogen (secondary N) is 1. The fraction of sp³-hybridized carbons (Fsp3) is 0.154. The summed E-state index contributed by atoms with van der Waals surface area (Å²) in [6.45, 7) is 1.94. The van der Waals surface area contributed by atoms with Crippen molar-refractivity contribution < 1.29 is 9.53 Å². The van der Waals surface area contributed by atoms with E-state index < -0.39 is 0 Å². The summed E-state index contributed by atoms with van der Waals surface area (Å²) < 4.78 is 6.75. The third kappa shape index (κ3) is 2.23. The zero-order chi connectivity index (χ0) is 14.1. The summed E-state index contributed by atoms with van der Waals surface area (Å²) in [6, 6.07) is 6.85. The maximum atomic E-state index is 12.1. The molecule has 0 unspecified atom stereocenters. The highest BCUT2D eigenvalue weighted by Crippen LogP contribution is 2.16. The van der Waals surface area contributed by atoms with Gasteiger partial charge in [-0.3, -0.25) is 10.1 Å². The van der Waals surface area contributed by atoms with Crippen LogP contribution in [-0.2, 0) is 0 Å². The highest BCUT2D eigenvalue weighted by Gasteiger charge is 2.11. The van der Waals surface area contributed by atoms with Crippen LogP contribution in [-0.4, -0.2) is 27.6 Å². The predicted molar refractivity (Wildman–Crippen MR) is 76.5 cm³/mol. The van der Waals surface area contributed by atoms with Crippen molar-refractivity contribution in [3.8, 4) is 5.75 Å². The Labute approximate surface area is 119 Å². The summed E-state index contributed by atoms with van der Waals surface area (Å²) in [5, 5.41) is 8.88. The zero-order valence-electron chi connectivity index (χ0n) is 11.0. The largest absolute Gasteiger partial charge is 0.497 e. The first-order valence-corrected chi connectivity index (χ1v) is 6.81. The Morgan fingerprint density at radius 1 is 1.35 bits per heavy atom. The van der Waals surface area contributed by atoms with Crippen molar-refractivity contribution in [2.45, 2.75) is 6.92 Å². The first kappa shape index (κ1) is 12.6. The Kier molecular flexibility index (Phi) is 3.11. The molecule has 102 valence electrons. The SMILES string of the molecule is COc1ccc(C(=O)Nc2nc3scc(C)n3n2)cc1. The highest BCUT2D eigenvalue weighted by atomic mass is 32.1. The summed E-state index contributed by atoms with van der Waals surface area (Å²) in [7, 11) is 1.58. The molecule has 0 spiro atoms. The van der Waals surface area contributed by atoms with E-state index in [2.05, 4.69) is 15.4 Å². The number of aromatic nitrogens is 3. The lowest BCUT2D eigenvalue weighted by molar-refractivity contribution is 0.102. The number of aryl methyl sites for hydroxylation is 1. The molecule has 0 saturated carbocycles. The number of hydrogen-bond acceptors (Lipinski definition) is 5. The molecule has 7 heteroatoms. The van der Waals surface area contributed by atoms with E-state index in [1.165, 1.54) is 11.3 Å². The van der Waals surface area contributed by atoms with E-state index in [-0.39, 0.29) is 5.91 Å². The van der Waals surface area contributed by atoms with Gasteiger partial charge in [0, 0.05) is 10.9 Å². The number of amides is 1. The Hall–Kier alpha value is -2.41. The molecule has 1 amide bonds. The van der Waals surface area contributed by atoms with Crippen LogP contribution in [0.25, 0.3) is 4.96 Å². The first-order valence-electron chi connectivity index (χ1n) is 5.93. The second-order valence-corrected chi connectivity index (χ2v) is 5.03. The van der Waals surface area contributed by atoms with E-state index in [4.69, 9.17) is 4.74 Å². The van der Waals surface area contributed by atoms with Crippen LogP contribution in [0.4, 0.5) is 5.95 Å². The van der Waals surface area contributed by atoms with Crippen LogP contribution in [0.1, 0.15) is 16.1 Å². The molecule has 3 aromatic rings. The molecule has 0 aliphatic rings. The lowest BCUT2D eigenvalue weighted by atomic mass is 10.2. The van der Waals surface area contributed by atoms with Crippen LogP contribution < -0.4 is 10.1 Å². The van der Waals surface area contributed by atoms with Crippen molar-refractivity contribution >= 4 is 28.2 Å². The molecule has 1 N–H and O–H groups in total. The minimum atomic E-state index is -0.247. The minimum absolute atomic E-state index is 0.247. The highest BCUT2D eigenvalue weighted by molar-refractivity contribution is 7.15. The molecule has 0 atom stereocenters. The lowest BCUT2D eigenvalue weighted by Crippen LogP contribution is -2.13. The fourth-order valence-corrected chi connectivity index (χ4v) is 2.56. The summed E-state index contributed by atoms with van der Waals surface area (Å²) in [4.78, 5) is 17.1. The number of methoxy groups -OCH3 is 1. The van der Waals surface area contributed by atoms with E-state index in [9.17, 15) is 4.79 Å². The summed E-state index contributed by atoms with van der Waals surface area (Å²) in [6.07, 6.45) is 0. The van der Waals surface area contributed by atoms with Crippen LogP contribution >= 0.6 is 11.3 Å². The number of anilines is 1. The van der Waals surface area contributed by atoms with Crippen LogP contribution in [0.5, 0.6) is 5.75 Å². The van der Waals surface area contributed by atoms with Crippen molar-refractivity contribution in [2.24, 2.45) is 0 Å². The molecule has 0 radical (unpaired) electrons. The van der Waals surface area contributed by atoms with Crippen molar-refractivity contribution in [2.75, 3.05) is 12.4 Å². The van der Waals surface area contributed by atoms with E-state index in [1.807, 2.05) is 12.3 Å². The van der Waals surface area contributed by atoms with Crippen molar-refractivity contribution in [3.63, 3.8) is 0 Å². The van der Waals surface area contributed by atoms with Crippen molar-refractivity contribution in [3.05, 3.63) is 40.9 Å². The molecule has 1 aromatic carbocycles.